The summed E-state index contributed by atoms with van der Waals surface area (Å²) < 4.78 is 13.2. The number of hydrogen-bond donors (Lipinski definition) is 1. The number of pyridine rings is 1. The molecule has 0 spiro atoms. The quantitative estimate of drug-likeness (QED) is 0.579. The van der Waals surface area contributed by atoms with Crippen LogP contribution in [0, 0.1) is 0 Å². The van der Waals surface area contributed by atoms with Crippen molar-refractivity contribution in [3.63, 3.8) is 0 Å². The van der Waals surface area contributed by atoms with Crippen LogP contribution in [-0.4, -0.2) is 39.9 Å². The minimum Gasteiger partial charge on any atom is -0.451 e. The summed E-state index contributed by atoms with van der Waals surface area (Å²) in [5, 5.41) is 9.41. The summed E-state index contributed by atoms with van der Waals surface area (Å²) in [6, 6.07) is 11.4. The number of rotatable bonds is 5. The molecule has 1 amide bonds. The Morgan fingerprint density at radius 1 is 1.29 bits per heavy atom. The highest BCUT2D eigenvalue weighted by Crippen LogP contribution is 2.27. The second-order valence-corrected chi connectivity index (χ2v) is 7.02. The molecule has 1 aromatic carbocycles. The van der Waals surface area contributed by atoms with E-state index in [4.69, 9.17) is 9.15 Å². The van der Waals surface area contributed by atoms with Crippen LogP contribution < -0.4 is 5.32 Å². The van der Waals surface area contributed by atoms with Crippen LogP contribution in [0.2, 0.25) is 0 Å². The monoisotopic (exact) mass is 376 g/mol. The maximum absolute atomic E-state index is 12.5. The van der Waals surface area contributed by atoms with Gasteiger partial charge in [0.2, 0.25) is 0 Å². The summed E-state index contributed by atoms with van der Waals surface area (Å²) in [6.07, 6.45) is 5.88. The number of ether oxygens (including phenoxy) is 1. The van der Waals surface area contributed by atoms with Crippen molar-refractivity contribution in [2.24, 2.45) is 0 Å². The molecule has 7 nitrogen and oxygen atoms in total. The molecule has 4 heterocycles. The van der Waals surface area contributed by atoms with E-state index in [-0.39, 0.29) is 12.0 Å². The molecule has 142 valence electrons. The maximum atomic E-state index is 12.5. The smallest absolute Gasteiger partial charge is 0.287 e. The van der Waals surface area contributed by atoms with Gasteiger partial charge in [0.25, 0.3) is 5.91 Å². The molecule has 7 heteroatoms. The van der Waals surface area contributed by atoms with E-state index < -0.39 is 0 Å². The summed E-state index contributed by atoms with van der Waals surface area (Å²) in [5.74, 6) is 0.0625. The number of fused-ring (bicyclic) bond motifs is 3. The van der Waals surface area contributed by atoms with Gasteiger partial charge in [-0.3, -0.25) is 14.5 Å². The molecule has 28 heavy (non-hydrogen) atoms. The highest BCUT2D eigenvalue weighted by atomic mass is 16.5. The molecule has 0 radical (unpaired) electrons. The van der Waals surface area contributed by atoms with Gasteiger partial charge >= 0.3 is 0 Å². The minimum atomic E-state index is -0.229. The highest BCUT2D eigenvalue weighted by Gasteiger charge is 2.19. The highest BCUT2D eigenvalue weighted by molar-refractivity contribution is 6.06. The van der Waals surface area contributed by atoms with Crippen molar-refractivity contribution in [3.05, 3.63) is 60.2 Å². The Morgan fingerprint density at radius 2 is 2.25 bits per heavy atom. The molecule has 5 rings (SSSR count). The molecule has 0 saturated carbocycles. The van der Waals surface area contributed by atoms with Gasteiger partial charge in [-0.25, -0.2) is 0 Å². The fourth-order valence-corrected chi connectivity index (χ4v) is 3.60. The van der Waals surface area contributed by atoms with Crippen molar-refractivity contribution in [2.45, 2.75) is 25.5 Å². The molecule has 4 aromatic rings. The fraction of sp³-hybridized carbons (Fsp3) is 0.286. The summed E-state index contributed by atoms with van der Waals surface area (Å²) in [6.45, 7) is 1.86. The van der Waals surface area contributed by atoms with E-state index >= 15 is 0 Å². The Kier molecular flexibility index (Phi) is 4.29. The van der Waals surface area contributed by atoms with Crippen LogP contribution in [0.15, 0.2) is 53.2 Å². The first-order chi connectivity index (χ1) is 13.8. The molecular weight excluding hydrogens is 356 g/mol. The molecule has 0 aliphatic carbocycles. The van der Waals surface area contributed by atoms with Crippen LogP contribution in [0.1, 0.15) is 29.1 Å². The predicted molar refractivity (Wildman–Crippen MR) is 104 cm³/mol. The summed E-state index contributed by atoms with van der Waals surface area (Å²) in [5.41, 5.74) is 2.40. The Hall–Kier alpha value is -3.19. The Morgan fingerprint density at radius 3 is 3.07 bits per heavy atom. The van der Waals surface area contributed by atoms with E-state index in [1.807, 2.05) is 41.2 Å². The molecule has 1 saturated heterocycles. The molecule has 3 aromatic heterocycles. The van der Waals surface area contributed by atoms with Crippen molar-refractivity contribution in [1.29, 1.82) is 0 Å². The lowest BCUT2D eigenvalue weighted by atomic mass is 10.2. The van der Waals surface area contributed by atoms with E-state index in [9.17, 15) is 4.79 Å². The molecule has 1 atom stereocenters. The SMILES string of the molecule is O=C(NC[C@@H]1CCCO1)c1cc2c(ccc3cn(Cc4ccccn4)nc32)o1. The Bertz CT molecular complexity index is 1130. The van der Waals surface area contributed by atoms with Gasteiger partial charge in [0, 0.05) is 36.3 Å². The standard InChI is InChI=1S/C21H20N4O3/c26-21(23-11-16-5-3-9-27-16)19-10-17-18(28-19)7-6-14-12-25(24-20(14)17)13-15-4-1-2-8-22-15/h1-2,4,6-8,10,12,16H,3,5,9,11,13H2,(H,23,26)/t16-/m0/s1. The molecular formula is C21H20N4O3. The van der Waals surface area contributed by atoms with Gasteiger partial charge in [0.15, 0.2) is 5.76 Å². The average molecular weight is 376 g/mol. The molecule has 1 aliphatic heterocycles. The third-order valence-corrected chi connectivity index (χ3v) is 5.01. The molecule has 0 bridgehead atoms. The number of amides is 1. The fourth-order valence-electron chi connectivity index (χ4n) is 3.60. The first kappa shape index (κ1) is 16.9. The topological polar surface area (TPSA) is 82.2 Å². The van der Waals surface area contributed by atoms with E-state index in [0.717, 1.165) is 41.4 Å². The summed E-state index contributed by atoms with van der Waals surface area (Å²) >= 11 is 0. The molecule has 1 fully saturated rings. The normalized spacial score (nSPS) is 16.8. The van der Waals surface area contributed by atoms with Crippen LogP contribution in [0.4, 0.5) is 0 Å². The largest absolute Gasteiger partial charge is 0.451 e. The zero-order valence-electron chi connectivity index (χ0n) is 15.3. The number of aromatic nitrogens is 3. The lowest BCUT2D eigenvalue weighted by molar-refractivity contribution is 0.0837. The number of furan rings is 1. The summed E-state index contributed by atoms with van der Waals surface area (Å²) in [4.78, 5) is 16.8. The lowest BCUT2D eigenvalue weighted by Crippen LogP contribution is -2.31. The van der Waals surface area contributed by atoms with Crippen molar-refractivity contribution in [1.82, 2.24) is 20.1 Å². The number of benzene rings is 1. The first-order valence-corrected chi connectivity index (χ1v) is 9.46. The van der Waals surface area contributed by atoms with Crippen LogP contribution >= 0.6 is 0 Å². The number of hydrogen-bond acceptors (Lipinski definition) is 5. The van der Waals surface area contributed by atoms with Crippen LogP contribution in [0.5, 0.6) is 0 Å². The number of nitrogens with one attached hydrogen (secondary N) is 1. The van der Waals surface area contributed by atoms with Gasteiger partial charge < -0.3 is 14.5 Å². The minimum absolute atomic E-state index is 0.0994. The van der Waals surface area contributed by atoms with Gasteiger partial charge in [0.1, 0.15) is 11.1 Å². The van der Waals surface area contributed by atoms with Crippen molar-refractivity contribution < 1.29 is 13.9 Å². The van der Waals surface area contributed by atoms with Crippen LogP contribution in [0.25, 0.3) is 21.9 Å². The van der Waals surface area contributed by atoms with E-state index in [1.165, 1.54) is 0 Å². The van der Waals surface area contributed by atoms with Crippen molar-refractivity contribution in [3.8, 4) is 0 Å². The summed E-state index contributed by atoms with van der Waals surface area (Å²) in [7, 11) is 0. The molecule has 1 aliphatic rings. The molecule has 0 unspecified atom stereocenters. The van der Waals surface area contributed by atoms with Crippen molar-refractivity contribution in [2.75, 3.05) is 13.2 Å². The van der Waals surface area contributed by atoms with Gasteiger partial charge in [-0.1, -0.05) is 6.07 Å². The van der Waals surface area contributed by atoms with E-state index in [2.05, 4.69) is 15.4 Å². The predicted octanol–water partition coefficient (Wildman–Crippen LogP) is 3.13. The average Bonchev–Trinajstić information content (AvgIpc) is 3.45. The van der Waals surface area contributed by atoms with Crippen molar-refractivity contribution >= 4 is 27.8 Å². The van der Waals surface area contributed by atoms with E-state index in [0.29, 0.717) is 24.4 Å². The van der Waals surface area contributed by atoms with Gasteiger partial charge in [0.05, 0.1) is 18.3 Å². The second kappa shape index (κ2) is 7.09. The number of carbonyl (C=O) groups excluding carboxylic acids is 1. The van der Waals surface area contributed by atoms with E-state index in [1.54, 1.807) is 12.3 Å². The third-order valence-electron chi connectivity index (χ3n) is 5.01. The Labute approximate surface area is 161 Å². The van der Waals surface area contributed by atoms with Gasteiger partial charge in [-0.2, -0.15) is 5.10 Å². The lowest BCUT2D eigenvalue weighted by Gasteiger charge is -2.09. The number of nitrogens with zero attached hydrogens (tertiary/aromatic N) is 3. The van der Waals surface area contributed by atoms with Crippen LogP contribution in [0.3, 0.4) is 0 Å². The second-order valence-electron chi connectivity index (χ2n) is 7.02. The zero-order chi connectivity index (χ0) is 18.9. The maximum Gasteiger partial charge on any atom is 0.287 e. The molecule has 1 N–H and O–H groups in total. The van der Waals surface area contributed by atoms with Crippen LogP contribution in [-0.2, 0) is 11.3 Å². The third kappa shape index (κ3) is 3.25. The van der Waals surface area contributed by atoms with Gasteiger partial charge in [-0.15, -0.1) is 0 Å². The zero-order valence-corrected chi connectivity index (χ0v) is 15.3. The first-order valence-electron chi connectivity index (χ1n) is 9.46. The van der Waals surface area contributed by atoms with Gasteiger partial charge in [-0.05, 0) is 43.2 Å². The number of carbonyl (C=O) groups is 1. The Balaban J connectivity index is 1.40.